The number of rotatable bonds is 6. The number of nitrogens with zero attached hydrogens (tertiary/aromatic N) is 2. The lowest BCUT2D eigenvalue weighted by Crippen LogP contribution is -2.13. The third-order valence-corrected chi connectivity index (χ3v) is 4.80. The zero-order chi connectivity index (χ0) is 16.1. The Morgan fingerprint density at radius 1 is 1.30 bits per heavy atom. The van der Waals surface area contributed by atoms with E-state index in [1.807, 2.05) is 0 Å². The first-order chi connectivity index (χ1) is 11.2. The van der Waals surface area contributed by atoms with Gasteiger partial charge < -0.3 is 10.4 Å². The van der Waals surface area contributed by atoms with E-state index < -0.39 is 0 Å². The smallest absolute Gasteiger partial charge is 0.234 e. The van der Waals surface area contributed by atoms with Crippen LogP contribution < -0.4 is 5.32 Å². The van der Waals surface area contributed by atoms with Crippen LogP contribution in [0.5, 0.6) is 5.75 Å². The Balaban J connectivity index is 1.45. The van der Waals surface area contributed by atoms with Crippen LogP contribution in [-0.4, -0.2) is 31.9 Å². The number of nitrogens with one attached hydrogen (secondary N) is 2. The van der Waals surface area contributed by atoms with Gasteiger partial charge in [-0.25, -0.2) is 4.98 Å². The molecule has 0 radical (unpaired) electrons. The van der Waals surface area contributed by atoms with E-state index in [9.17, 15) is 9.90 Å². The van der Waals surface area contributed by atoms with Crippen molar-refractivity contribution in [2.45, 2.75) is 37.3 Å². The number of hydrogen-bond donors (Lipinski definition) is 3. The molecule has 1 aromatic heterocycles. The van der Waals surface area contributed by atoms with Crippen molar-refractivity contribution in [3.8, 4) is 5.75 Å². The summed E-state index contributed by atoms with van der Waals surface area (Å²) in [4.78, 5) is 16.3. The van der Waals surface area contributed by atoms with Crippen molar-refractivity contribution >= 4 is 23.4 Å². The van der Waals surface area contributed by atoms with Gasteiger partial charge >= 0.3 is 0 Å². The van der Waals surface area contributed by atoms with Gasteiger partial charge in [-0.2, -0.15) is 0 Å². The minimum Gasteiger partial charge on any atom is -0.508 e. The molecule has 1 fully saturated rings. The Morgan fingerprint density at radius 2 is 2.04 bits per heavy atom. The molecule has 2 aromatic rings. The highest BCUT2D eigenvalue weighted by Gasteiger charge is 2.17. The Bertz CT molecular complexity index is 650. The fraction of sp³-hybridized carbons (Fsp3) is 0.438. The number of thioether (sulfide) groups is 1. The Labute approximate surface area is 139 Å². The number of anilines is 1. The molecule has 1 saturated carbocycles. The molecule has 1 aromatic carbocycles. The van der Waals surface area contributed by atoms with Gasteiger partial charge in [-0.05, 0) is 30.2 Å². The van der Waals surface area contributed by atoms with Crippen LogP contribution in [0.25, 0.3) is 0 Å². The van der Waals surface area contributed by atoms with E-state index in [0.717, 1.165) is 18.2 Å². The summed E-state index contributed by atoms with van der Waals surface area (Å²) in [6.45, 7) is 0. The number of phenolic OH excluding ortho intramolecular Hbond substituents is 1. The number of amides is 1. The maximum Gasteiger partial charge on any atom is 0.234 e. The molecule has 23 heavy (non-hydrogen) atoms. The quantitative estimate of drug-likeness (QED) is 0.559. The summed E-state index contributed by atoms with van der Waals surface area (Å²) in [6, 6.07) is 6.38. The van der Waals surface area contributed by atoms with E-state index in [1.54, 1.807) is 12.1 Å². The highest BCUT2D eigenvalue weighted by molar-refractivity contribution is 7.99. The zero-order valence-electron chi connectivity index (χ0n) is 12.8. The molecular weight excluding hydrogens is 312 g/mol. The molecule has 3 N–H and O–H groups in total. The summed E-state index contributed by atoms with van der Waals surface area (Å²) in [5, 5.41) is 19.7. The lowest BCUT2D eigenvalue weighted by molar-refractivity contribution is -0.113. The number of aromatic nitrogens is 3. The van der Waals surface area contributed by atoms with Crippen LogP contribution in [0.1, 0.15) is 31.5 Å². The van der Waals surface area contributed by atoms with Crippen LogP contribution in [0.4, 0.5) is 5.69 Å². The van der Waals surface area contributed by atoms with Gasteiger partial charge in [0, 0.05) is 12.1 Å². The van der Waals surface area contributed by atoms with E-state index in [0.29, 0.717) is 10.8 Å². The average molecular weight is 332 g/mol. The third kappa shape index (κ3) is 4.72. The van der Waals surface area contributed by atoms with Crippen molar-refractivity contribution in [1.82, 2.24) is 15.2 Å². The first kappa shape index (κ1) is 15.9. The molecule has 0 saturated heterocycles. The summed E-state index contributed by atoms with van der Waals surface area (Å²) >= 11 is 1.31. The number of aromatic hydroxyl groups is 1. The molecule has 7 heteroatoms. The SMILES string of the molecule is O=C(CSc1n[nH]c(CC2CCCC2)n1)Nc1ccc(O)cc1. The van der Waals surface area contributed by atoms with Crippen LogP contribution in [-0.2, 0) is 11.2 Å². The topological polar surface area (TPSA) is 90.9 Å². The summed E-state index contributed by atoms with van der Waals surface area (Å²) in [5.74, 6) is 1.94. The molecule has 0 spiro atoms. The molecule has 0 aliphatic heterocycles. The molecule has 1 aliphatic carbocycles. The summed E-state index contributed by atoms with van der Waals surface area (Å²) in [5.41, 5.74) is 0.658. The maximum absolute atomic E-state index is 11.9. The number of H-pyrrole nitrogens is 1. The van der Waals surface area contributed by atoms with E-state index in [2.05, 4.69) is 20.5 Å². The minimum absolute atomic E-state index is 0.122. The molecule has 3 rings (SSSR count). The van der Waals surface area contributed by atoms with E-state index in [4.69, 9.17) is 0 Å². The fourth-order valence-corrected chi connectivity index (χ4v) is 3.41. The molecule has 6 nitrogen and oxygen atoms in total. The Hall–Kier alpha value is -2.02. The maximum atomic E-state index is 11.9. The predicted molar refractivity (Wildman–Crippen MR) is 89.5 cm³/mol. The van der Waals surface area contributed by atoms with Crippen molar-refractivity contribution in [1.29, 1.82) is 0 Å². The monoisotopic (exact) mass is 332 g/mol. The standard InChI is InChI=1S/C16H20N4O2S/c21-13-7-5-12(6-8-13)17-15(22)10-23-16-18-14(19-20-16)9-11-3-1-2-4-11/h5-8,11,21H,1-4,9-10H2,(H,17,22)(H,18,19,20). The van der Waals surface area contributed by atoms with Crippen LogP contribution in [0.15, 0.2) is 29.4 Å². The second kappa shape index (κ2) is 7.50. The number of hydrogen-bond acceptors (Lipinski definition) is 5. The van der Waals surface area contributed by atoms with Crippen LogP contribution in [0, 0.1) is 5.92 Å². The average Bonchev–Trinajstić information content (AvgIpc) is 3.20. The predicted octanol–water partition coefficient (Wildman–Crippen LogP) is 2.97. The lowest BCUT2D eigenvalue weighted by atomic mass is 10.0. The van der Waals surface area contributed by atoms with E-state index >= 15 is 0 Å². The van der Waals surface area contributed by atoms with Crippen LogP contribution in [0.2, 0.25) is 0 Å². The van der Waals surface area contributed by atoms with Crippen molar-refractivity contribution in [3.05, 3.63) is 30.1 Å². The van der Waals surface area contributed by atoms with Gasteiger partial charge in [-0.1, -0.05) is 37.4 Å². The number of phenols is 1. The molecule has 0 atom stereocenters. The normalized spacial score (nSPS) is 15.0. The van der Waals surface area contributed by atoms with Gasteiger partial charge in [0.05, 0.1) is 5.75 Å². The number of carbonyl (C=O) groups excluding carboxylic acids is 1. The van der Waals surface area contributed by atoms with Crippen molar-refractivity contribution in [3.63, 3.8) is 0 Å². The van der Waals surface area contributed by atoms with Crippen LogP contribution in [0.3, 0.4) is 0 Å². The van der Waals surface area contributed by atoms with Crippen molar-refractivity contribution < 1.29 is 9.90 Å². The number of carbonyl (C=O) groups is 1. The molecule has 1 amide bonds. The highest BCUT2D eigenvalue weighted by Crippen LogP contribution is 2.27. The van der Waals surface area contributed by atoms with Gasteiger partial charge in [-0.15, -0.1) is 5.10 Å². The van der Waals surface area contributed by atoms with Gasteiger partial charge in [0.25, 0.3) is 0 Å². The molecule has 122 valence electrons. The van der Waals surface area contributed by atoms with E-state index in [1.165, 1.54) is 49.6 Å². The summed E-state index contributed by atoms with van der Waals surface area (Å²) < 4.78 is 0. The largest absolute Gasteiger partial charge is 0.508 e. The van der Waals surface area contributed by atoms with Gasteiger partial charge in [0.15, 0.2) is 0 Å². The molecule has 0 bridgehead atoms. The number of benzene rings is 1. The molecule has 0 unspecified atom stereocenters. The van der Waals surface area contributed by atoms with Gasteiger partial charge in [0.2, 0.25) is 11.1 Å². The van der Waals surface area contributed by atoms with Crippen molar-refractivity contribution in [2.75, 3.05) is 11.1 Å². The molecule has 1 aliphatic rings. The molecular formula is C16H20N4O2S. The zero-order valence-corrected chi connectivity index (χ0v) is 13.6. The van der Waals surface area contributed by atoms with Crippen LogP contribution >= 0.6 is 11.8 Å². The van der Waals surface area contributed by atoms with Crippen molar-refractivity contribution in [2.24, 2.45) is 5.92 Å². The first-order valence-corrected chi connectivity index (χ1v) is 8.80. The second-order valence-corrected chi connectivity index (χ2v) is 6.75. The minimum atomic E-state index is -0.122. The highest BCUT2D eigenvalue weighted by atomic mass is 32.2. The lowest BCUT2D eigenvalue weighted by Gasteiger charge is -2.04. The third-order valence-electron chi connectivity index (χ3n) is 3.95. The fourth-order valence-electron chi connectivity index (χ4n) is 2.79. The second-order valence-electron chi connectivity index (χ2n) is 5.80. The molecule has 1 heterocycles. The summed E-state index contributed by atoms with van der Waals surface area (Å²) in [7, 11) is 0. The first-order valence-electron chi connectivity index (χ1n) is 7.82. The van der Waals surface area contributed by atoms with Gasteiger partial charge in [-0.3, -0.25) is 9.89 Å². The van der Waals surface area contributed by atoms with Gasteiger partial charge in [0.1, 0.15) is 11.6 Å². The Morgan fingerprint density at radius 3 is 2.78 bits per heavy atom. The van der Waals surface area contributed by atoms with E-state index in [-0.39, 0.29) is 17.4 Å². The Kier molecular flexibility index (Phi) is 5.17. The summed E-state index contributed by atoms with van der Waals surface area (Å²) in [6.07, 6.45) is 6.14. The number of aromatic amines is 1.